The van der Waals surface area contributed by atoms with Gasteiger partial charge in [0.15, 0.2) is 5.96 Å². The SMILES string of the molecule is NC(N)=NCCCC(NC(=O)C(CC(=O)O)NC(=O)C(CCC(=O)O)NC(=O)C(N)CC(=O)O)C(=O)O. The number of aliphatic carboxylic acids is 4. The predicted octanol–water partition coefficient (Wildman–Crippen LogP) is -4.28. The molecule has 0 aliphatic rings. The van der Waals surface area contributed by atoms with E-state index in [9.17, 15) is 38.7 Å². The monoisotopic (exact) mass is 533 g/mol. The van der Waals surface area contributed by atoms with Gasteiger partial charge in [-0.3, -0.25) is 33.8 Å². The Morgan fingerprint density at radius 2 is 1.19 bits per heavy atom. The van der Waals surface area contributed by atoms with Crippen LogP contribution in [-0.4, -0.2) is 98.7 Å². The smallest absolute Gasteiger partial charge is 0.326 e. The van der Waals surface area contributed by atoms with Gasteiger partial charge in [0.05, 0.1) is 18.9 Å². The van der Waals surface area contributed by atoms with Crippen LogP contribution in [0.15, 0.2) is 4.99 Å². The van der Waals surface area contributed by atoms with Gasteiger partial charge in [-0.1, -0.05) is 0 Å². The Labute approximate surface area is 209 Å². The third-order valence-electron chi connectivity index (χ3n) is 4.58. The van der Waals surface area contributed by atoms with Gasteiger partial charge in [-0.05, 0) is 19.3 Å². The van der Waals surface area contributed by atoms with Crippen molar-refractivity contribution in [2.45, 2.75) is 62.7 Å². The number of carbonyl (C=O) groups is 7. The van der Waals surface area contributed by atoms with E-state index in [1.54, 1.807) is 0 Å². The Morgan fingerprint density at radius 1 is 0.676 bits per heavy atom. The van der Waals surface area contributed by atoms with Crippen molar-refractivity contribution in [1.82, 2.24) is 16.0 Å². The average Bonchev–Trinajstić information content (AvgIpc) is 2.76. The van der Waals surface area contributed by atoms with E-state index in [4.69, 9.17) is 32.5 Å². The number of guanidine groups is 1. The van der Waals surface area contributed by atoms with Gasteiger partial charge in [0.2, 0.25) is 17.7 Å². The van der Waals surface area contributed by atoms with E-state index in [0.29, 0.717) is 0 Å². The van der Waals surface area contributed by atoms with Crippen LogP contribution < -0.4 is 33.2 Å². The fourth-order valence-corrected chi connectivity index (χ4v) is 2.79. The van der Waals surface area contributed by atoms with Gasteiger partial charge in [-0.15, -0.1) is 0 Å². The number of nitrogens with two attached hydrogens (primary N) is 3. The van der Waals surface area contributed by atoms with Gasteiger partial charge in [0.1, 0.15) is 18.1 Å². The molecule has 0 rings (SSSR count). The Balaban J connectivity index is 5.56. The van der Waals surface area contributed by atoms with Gasteiger partial charge in [-0.25, -0.2) is 4.79 Å². The number of nitrogens with zero attached hydrogens (tertiary/aromatic N) is 1. The summed E-state index contributed by atoms with van der Waals surface area (Å²) >= 11 is 0. The van der Waals surface area contributed by atoms with Crippen LogP contribution >= 0.6 is 0 Å². The van der Waals surface area contributed by atoms with Crippen molar-refractivity contribution >= 4 is 47.6 Å². The molecular formula is C19H31N7O11. The summed E-state index contributed by atoms with van der Waals surface area (Å²) in [5.41, 5.74) is 15.8. The van der Waals surface area contributed by atoms with Crippen molar-refractivity contribution in [2.75, 3.05) is 6.54 Å². The van der Waals surface area contributed by atoms with Gasteiger partial charge in [0, 0.05) is 13.0 Å². The summed E-state index contributed by atoms with van der Waals surface area (Å²) in [5.74, 6) is -9.49. The first-order valence-electron chi connectivity index (χ1n) is 10.7. The molecule has 13 N–H and O–H groups in total. The van der Waals surface area contributed by atoms with E-state index < -0.39 is 91.4 Å². The highest BCUT2D eigenvalue weighted by Crippen LogP contribution is 2.05. The Hall–Kier alpha value is -4.48. The zero-order valence-electron chi connectivity index (χ0n) is 19.6. The fourth-order valence-electron chi connectivity index (χ4n) is 2.79. The minimum Gasteiger partial charge on any atom is -0.481 e. The maximum absolute atomic E-state index is 12.7. The molecule has 0 heterocycles. The number of carboxylic acid groups (broad SMARTS) is 4. The quantitative estimate of drug-likeness (QED) is 0.0453. The lowest BCUT2D eigenvalue weighted by atomic mass is 10.1. The highest BCUT2D eigenvalue weighted by atomic mass is 16.4. The van der Waals surface area contributed by atoms with Crippen molar-refractivity contribution in [3.05, 3.63) is 0 Å². The molecule has 0 aliphatic heterocycles. The molecule has 208 valence electrons. The van der Waals surface area contributed by atoms with E-state index in [1.165, 1.54) is 0 Å². The molecule has 0 spiro atoms. The van der Waals surface area contributed by atoms with Gasteiger partial charge < -0.3 is 53.6 Å². The molecule has 37 heavy (non-hydrogen) atoms. The Bertz CT molecular complexity index is 905. The number of aliphatic imine (C=N–C) groups is 1. The van der Waals surface area contributed by atoms with Crippen LogP contribution in [0.4, 0.5) is 0 Å². The van der Waals surface area contributed by atoms with Crippen molar-refractivity contribution in [1.29, 1.82) is 0 Å². The lowest BCUT2D eigenvalue weighted by Gasteiger charge is -2.24. The molecule has 0 radical (unpaired) electrons. The number of hydrogen-bond donors (Lipinski definition) is 10. The van der Waals surface area contributed by atoms with Gasteiger partial charge in [-0.2, -0.15) is 0 Å². The molecule has 4 atom stereocenters. The molecule has 0 aliphatic carbocycles. The average molecular weight is 533 g/mol. The molecule has 0 aromatic heterocycles. The molecule has 0 saturated heterocycles. The van der Waals surface area contributed by atoms with E-state index in [0.717, 1.165) is 0 Å². The van der Waals surface area contributed by atoms with Crippen LogP contribution in [0.1, 0.15) is 38.5 Å². The number of rotatable bonds is 18. The topological polar surface area (TPSA) is 327 Å². The number of carboxylic acids is 4. The van der Waals surface area contributed by atoms with Crippen LogP contribution in [0.5, 0.6) is 0 Å². The summed E-state index contributed by atoms with van der Waals surface area (Å²) in [6, 6.07) is -6.54. The minimum absolute atomic E-state index is 0.0479. The van der Waals surface area contributed by atoms with Crippen molar-refractivity contribution < 1.29 is 54.0 Å². The van der Waals surface area contributed by atoms with Crippen molar-refractivity contribution in [3.63, 3.8) is 0 Å². The standard InChI is InChI=1S/C19H31N7O11/c20-8(6-13(29)30)15(33)24-9(3-4-12(27)28)16(34)26-11(7-14(31)32)17(35)25-10(18(36)37)2-1-5-23-19(21)22/h8-11H,1-7,20H2,(H,24,33)(H,25,35)(H,26,34)(H,27,28)(H,29,30)(H,31,32)(H,36,37)(H4,21,22,23). The Morgan fingerprint density at radius 3 is 1.68 bits per heavy atom. The summed E-state index contributed by atoms with van der Waals surface area (Å²) in [4.78, 5) is 85.5. The van der Waals surface area contributed by atoms with Crippen LogP contribution in [-0.2, 0) is 33.6 Å². The highest BCUT2D eigenvalue weighted by Gasteiger charge is 2.32. The molecule has 0 fully saturated rings. The first kappa shape index (κ1) is 32.5. The van der Waals surface area contributed by atoms with Crippen LogP contribution in [0.25, 0.3) is 0 Å². The summed E-state index contributed by atoms with van der Waals surface area (Å²) in [5, 5.41) is 42.3. The van der Waals surface area contributed by atoms with Crippen LogP contribution in [0.3, 0.4) is 0 Å². The molecule has 0 saturated carbocycles. The summed E-state index contributed by atoms with van der Waals surface area (Å²) < 4.78 is 0. The van der Waals surface area contributed by atoms with E-state index in [2.05, 4.69) is 15.6 Å². The minimum atomic E-state index is -1.82. The number of nitrogens with one attached hydrogen (secondary N) is 3. The first-order valence-corrected chi connectivity index (χ1v) is 10.7. The van der Waals surface area contributed by atoms with E-state index in [-0.39, 0.29) is 25.3 Å². The van der Waals surface area contributed by atoms with Crippen LogP contribution in [0.2, 0.25) is 0 Å². The molecule has 3 amide bonds. The van der Waals surface area contributed by atoms with Crippen LogP contribution in [0, 0.1) is 0 Å². The highest BCUT2D eigenvalue weighted by molar-refractivity contribution is 5.96. The second-order valence-electron chi connectivity index (χ2n) is 7.71. The molecule has 4 unspecified atom stereocenters. The predicted molar refractivity (Wildman–Crippen MR) is 123 cm³/mol. The zero-order valence-corrected chi connectivity index (χ0v) is 19.6. The summed E-state index contributed by atoms with van der Waals surface area (Å²) in [7, 11) is 0. The zero-order chi connectivity index (χ0) is 28.7. The van der Waals surface area contributed by atoms with E-state index >= 15 is 0 Å². The summed E-state index contributed by atoms with van der Waals surface area (Å²) in [6.07, 6.45) is -2.97. The number of amides is 3. The molecule has 18 heteroatoms. The lowest BCUT2D eigenvalue weighted by Crippen LogP contribution is -2.57. The molecule has 0 aromatic carbocycles. The second-order valence-corrected chi connectivity index (χ2v) is 7.71. The fraction of sp³-hybridized carbons (Fsp3) is 0.579. The normalized spacial score (nSPS) is 13.6. The molecule has 0 bridgehead atoms. The lowest BCUT2D eigenvalue weighted by molar-refractivity contribution is -0.143. The number of carbonyl (C=O) groups excluding carboxylic acids is 3. The van der Waals surface area contributed by atoms with Gasteiger partial charge in [0.25, 0.3) is 0 Å². The first-order chi connectivity index (χ1) is 17.1. The van der Waals surface area contributed by atoms with Gasteiger partial charge >= 0.3 is 23.9 Å². The second kappa shape index (κ2) is 16.2. The number of hydrogen-bond acceptors (Lipinski definition) is 9. The third-order valence-corrected chi connectivity index (χ3v) is 4.58. The molecular weight excluding hydrogens is 502 g/mol. The molecule has 18 nitrogen and oxygen atoms in total. The Kier molecular flexibility index (Phi) is 14.3. The van der Waals surface area contributed by atoms with E-state index in [1.807, 2.05) is 5.32 Å². The van der Waals surface area contributed by atoms with Crippen molar-refractivity contribution in [3.8, 4) is 0 Å². The molecule has 0 aromatic rings. The maximum atomic E-state index is 12.7. The summed E-state index contributed by atoms with van der Waals surface area (Å²) in [6.45, 7) is 0.0479. The largest absolute Gasteiger partial charge is 0.481 e. The third kappa shape index (κ3) is 14.5. The van der Waals surface area contributed by atoms with Crippen molar-refractivity contribution in [2.24, 2.45) is 22.2 Å². The maximum Gasteiger partial charge on any atom is 0.326 e.